The van der Waals surface area contributed by atoms with E-state index in [1.807, 2.05) is 0 Å². The van der Waals surface area contributed by atoms with Crippen molar-refractivity contribution in [2.45, 2.75) is 6.18 Å². The van der Waals surface area contributed by atoms with Gasteiger partial charge in [-0.15, -0.1) is 0 Å². The van der Waals surface area contributed by atoms with E-state index in [1.54, 1.807) is 12.1 Å². The number of halogens is 3. The van der Waals surface area contributed by atoms with Gasteiger partial charge in [-0.2, -0.15) is 13.2 Å². The summed E-state index contributed by atoms with van der Waals surface area (Å²) >= 11 is 0. The number of carbonyl (C=O) groups excluding carboxylic acids is 1. The number of carboxylic acid groups (broad SMARTS) is 1. The average Bonchev–Trinajstić information content (AvgIpc) is 2.45. The second kappa shape index (κ2) is 5.40. The van der Waals surface area contributed by atoms with Gasteiger partial charge < -0.3 is 5.11 Å². The highest BCUT2D eigenvalue weighted by atomic mass is 19.4. The third kappa shape index (κ3) is 3.10. The van der Waals surface area contributed by atoms with Crippen LogP contribution in [0, 0.1) is 0 Å². The first-order valence-corrected chi connectivity index (χ1v) is 5.83. The highest BCUT2D eigenvalue weighted by molar-refractivity contribution is 5.92. The summed E-state index contributed by atoms with van der Waals surface area (Å²) in [5.41, 5.74) is -1.09. The molecule has 0 saturated carbocycles. The number of rotatable bonds is 3. The zero-order chi connectivity index (χ0) is 15.6. The molecule has 108 valence electrons. The van der Waals surface area contributed by atoms with Gasteiger partial charge in [-0.05, 0) is 29.3 Å². The summed E-state index contributed by atoms with van der Waals surface area (Å²) in [6.07, 6.45) is -4.16. The largest absolute Gasteiger partial charge is 0.478 e. The minimum Gasteiger partial charge on any atom is -0.478 e. The monoisotopic (exact) mass is 294 g/mol. The second-order valence-electron chi connectivity index (χ2n) is 4.31. The van der Waals surface area contributed by atoms with Gasteiger partial charge in [0.05, 0.1) is 11.1 Å². The third-order valence-electron chi connectivity index (χ3n) is 2.91. The van der Waals surface area contributed by atoms with E-state index >= 15 is 0 Å². The van der Waals surface area contributed by atoms with Crippen LogP contribution in [0.3, 0.4) is 0 Å². The summed E-state index contributed by atoms with van der Waals surface area (Å²) in [5.74, 6) is -1.47. The van der Waals surface area contributed by atoms with Gasteiger partial charge in [0, 0.05) is 5.56 Å². The minimum absolute atomic E-state index is 0.0323. The lowest BCUT2D eigenvalue weighted by Gasteiger charge is -2.12. The molecule has 1 N–H and O–H groups in total. The Hall–Kier alpha value is -2.63. The van der Waals surface area contributed by atoms with Gasteiger partial charge in [-0.1, -0.05) is 24.3 Å². The molecule has 0 aromatic heterocycles. The van der Waals surface area contributed by atoms with Crippen molar-refractivity contribution in [2.75, 3.05) is 0 Å². The Morgan fingerprint density at radius 1 is 1.10 bits per heavy atom. The molecule has 0 aliphatic carbocycles. The van der Waals surface area contributed by atoms with Crippen LogP contribution in [0.2, 0.25) is 0 Å². The van der Waals surface area contributed by atoms with Crippen LogP contribution >= 0.6 is 0 Å². The first-order valence-electron chi connectivity index (χ1n) is 5.83. The molecular weight excluding hydrogens is 285 g/mol. The number of aldehydes is 1. The van der Waals surface area contributed by atoms with Crippen molar-refractivity contribution in [3.63, 3.8) is 0 Å². The average molecular weight is 294 g/mol. The summed E-state index contributed by atoms with van der Waals surface area (Å²) in [6, 6.07) is 8.54. The minimum atomic E-state index is -4.67. The molecule has 0 heterocycles. The molecule has 3 nitrogen and oxygen atoms in total. The van der Waals surface area contributed by atoms with Crippen LogP contribution in [0.4, 0.5) is 13.2 Å². The molecule has 2 aromatic carbocycles. The maximum atomic E-state index is 12.8. The van der Waals surface area contributed by atoms with E-state index < -0.39 is 23.3 Å². The number of benzene rings is 2. The molecule has 2 aromatic rings. The fourth-order valence-electron chi connectivity index (χ4n) is 1.93. The Morgan fingerprint density at radius 3 is 2.33 bits per heavy atom. The highest BCUT2D eigenvalue weighted by Gasteiger charge is 2.32. The van der Waals surface area contributed by atoms with Crippen molar-refractivity contribution in [1.82, 2.24) is 0 Å². The molecule has 6 heteroatoms. The molecule has 21 heavy (non-hydrogen) atoms. The molecule has 0 spiro atoms. The summed E-state index contributed by atoms with van der Waals surface area (Å²) in [6.45, 7) is 0. The summed E-state index contributed by atoms with van der Waals surface area (Å²) in [7, 11) is 0. The molecule has 2 rings (SSSR count). The topological polar surface area (TPSA) is 54.4 Å². The standard InChI is InChI=1S/C15H9F3O3/c16-15(17,18)12-6-10(5-11(7-12)14(20)21)13-4-2-1-3-9(13)8-19/h1-8H,(H,20,21). The first kappa shape index (κ1) is 14.8. The number of carboxylic acids is 1. The van der Waals surface area contributed by atoms with E-state index in [0.29, 0.717) is 12.4 Å². The molecule has 0 fully saturated rings. The van der Waals surface area contributed by atoms with Crippen molar-refractivity contribution >= 4 is 12.3 Å². The number of hydrogen-bond donors (Lipinski definition) is 1. The molecule has 0 bridgehead atoms. The Labute approximate surface area is 117 Å². The lowest BCUT2D eigenvalue weighted by molar-refractivity contribution is -0.137. The van der Waals surface area contributed by atoms with Crippen molar-refractivity contribution in [3.8, 4) is 11.1 Å². The zero-order valence-electron chi connectivity index (χ0n) is 10.5. The maximum absolute atomic E-state index is 12.8. The second-order valence-corrected chi connectivity index (χ2v) is 4.31. The molecule has 0 amide bonds. The van der Waals surface area contributed by atoms with Crippen LogP contribution in [-0.2, 0) is 6.18 Å². The lowest BCUT2D eigenvalue weighted by Crippen LogP contribution is -2.08. The van der Waals surface area contributed by atoms with E-state index in [1.165, 1.54) is 12.1 Å². The molecule has 0 aliphatic rings. The van der Waals surface area contributed by atoms with Crippen LogP contribution in [-0.4, -0.2) is 17.4 Å². The molecular formula is C15H9F3O3. The Morgan fingerprint density at radius 2 is 1.76 bits per heavy atom. The van der Waals surface area contributed by atoms with Crippen molar-refractivity contribution in [3.05, 3.63) is 59.2 Å². The van der Waals surface area contributed by atoms with Crippen LogP contribution in [0.25, 0.3) is 11.1 Å². The van der Waals surface area contributed by atoms with E-state index in [2.05, 4.69) is 0 Å². The number of carbonyl (C=O) groups is 2. The highest BCUT2D eigenvalue weighted by Crippen LogP contribution is 2.34. The van der Waals surface area contributed by atoms with Gasteiger partial charge in [-0.25, -0.2) is 4.79 Å². The van der Waals surface area contributed by atoms with Gasteiger partial charge in [0.2, 0.25) is 0 Å². The number of alkyl halides is 3. The fourth-order valence-corrected chi connectivity index (χ4v) is 1.93. The number of aromatic carboxylic acids is 1. The van der Waals surface area contributed by atoms with Gasteiger partial charge in [0.1, 0.15) is 0 Å². The smallest absolute Gasteiger partial charge is 0.416 e. The van der Waals surface area contributed by atoms with Gasteiger partial charge in [-0.3, -0.25) is 4.79 Å². The Kier molecular flexibility index (Phi) is 3.80. The predicted molar refractivity (Wildman–Crippen MR) is 69.2 cm³/mol. The normalized spacial score (nSPS) is 11.2. The third-order valence-corrected chi connectivity index (χ3v) is 2.91. The van der Waals surface area contributed by atoms with Gasteiger partial charge in [0.25, 0.3) is 0 Å². The van der Waals surface area contributed by atoms with E-state index in [4.69, 9.17) is 5.11 Å². The van der Waals surface area contributed by atoms with Crippen LogP contribution in [0.5, 0.6) is 0 Å². The summed E-state index contributed by atoms with van der Waals surface area (Å²) in [5, 5.41) is 8.94. The molecule has 0 saturated heterocycles. The van der Waals surface area contributed by atoms with E-state index in [9.17, 15) is 22.8 Å². The SMILES string of the molecule is O=Cc1ccccc1-c1cc(C(=O)O)cc(C(F)(F)F)c1. The number of hydrogen-bond acceptors (Lipinski definition) is 2. The molecule has 0 aliphatic heterocycles. The first-order chi connectivity index (χ1) is 9.82. The molecule has 0 atom stereocenters. The molecule has 0 unspecified atom stereocenters. The van der Waals surface area contributed by atoms with Crippen molar-refractivity contribution < 1.29 is 27.9 Å². The van der Waals surface area contributed by atoms with Crippen molar-refractivity contribution in [1.29, 1.82) is 0 Å². The van der Waals surface area contributed by atoms with Crippen molar-refractivity contribution in [2.24, 2.45) is 0 Å². The maximum Gasteiger partial charge on any atom is 0.416 e. The van der Waals surface area contributed by atoms with Gasteiger partial charge >= 0.3 is 12.1 Å². The van der Waals surface area contributed by atoms with Crippen LogP contribution in [0.1, 0.15) is 26.3 Å². The van der Waals surface area contributed by atoms with E-state index in [0.717, 1.165) is 12.1 Å². The van der Waals surface area contributed by atoms with Crippen LogP contribution in [0.15, 0.2) is 42.5 Å². The summed E-state index contributed by atoms with van der Waals surface area (Å²) in [4.78, 5) is 21.9. The summed E-state index contributed by atoms with van der Waals surface area (Å²) < 4.78 is 38.5. The van der Waals surface area contributed by atoms with Gasteiger partial charge in [0.15, 0.2) is 6.29 Å². The Balaban J connectivity index is 2.71. The Bertz CT molecular complexity index is 706. The predicted octanol–water partition coefficient (Wildman–Crippen LogP) is 3.88. The zero-order valence-corrected chi connectivity index (χ0v) is 10.5. The molecule has 0 radical (unpaired) electrons. The quantitative estimate of drug-likeness (QED) is 0.874. The fraction of sp³-hybridized carbons (Fsp3) is 0.0667. The lowest BCUT2D eigenvalue weighted by atomic mass is 9.96. The van der Waals surface area contributed by atoms with E-state index in [-0.39, 0.29) is 16.7 Å². The van der Waals surface area contributed by atoms with Crippen LogP contribution < -0.4 is 0 Å².